The average Bonchev–Trinajstić information content (AvgIpc) is 3.38. The molecule has 1 fully saturated rings. The Morgan fingerprint density at radius 2 is 2.17 bits per heavy atom. The predicted molar refractivity (Wildman–Crippen MR) is 108 cm³/mol. The number of benzene rings is 1. The van der Waals surface area contributed by atoms with Crippen molar-refractivity contribution in [1.82, 2.24) is 24.0 Å². The number of hydrogen-bond acceptors (Lipinski definition) is 7. The average molecular weight is 432 g/mol. The molecule has 30 heavy (non-hydrogen) atoms. The molecule has 9 nitrogen and oxygen atoms in total. The number of aromatic nitrogens is 4. The van der Waals surface area contributed by atoms with Gasteiger partial charge in [0.25, 0.3) is 10.0 Å². The fourth-order valence-electron chi connectivity index (χ4n) is 3.55. The van der Waals surface area contributed by atoms with E-state index in [1.54, 1.807) is 11.6 Å². The summed E-state index contributed by atoms with van der Waals surface area (Å²) in [5.74, 6) is 1.61. The standard InChI is InChI=1S/C20H25N5O4S/c1-15-6-5-7-16(12-15)28-11-9-18-22-20(29-23-18)17-8-3-4-10-25(17)30(26,27)19-13-24(2)14-21-19/h5-7,12-14,17H,3-4,8-11H2,1-2H3. The topological polar surface area (TPSA) is 103 Å². The van der Waals surface area contributed by atoms with E-state index < -0.39 is 16.1 Å². The fourth-order valence-corrected chi connectivity index (χ4v) is 5.17. The van der Waals surface area contributed by atoms with Gasteiger partial charge < -0.3 is 13.8 Å². The van der Waals surface area contributed by atoms with Crippen molar-refractivity contribution in [2.45, 2.75) is 43.7 Å². The maximum atomic E-state index is 13.1. The number of ether oxygens (including phenoxy) is 1. The Morgan fingerprint density at radius 3 is 2.93 bits per heavy atom. The largest absolute Gasteiger partial charge is 0.493 e. The minimum Gasteiger partial charge on any atom is -0.493 e. The summed E-state index contributed by atoms with van der Waals surface area (Å²) in [7, 11) is -2.00. The van der Waals surface area contributed by atoms with Gasteiger partial charge in [-0.05, 0) is 37.5 Å². The number of nitrogens with zero attached hydrogens (tertiary/aromatic N) is 5. The first-order valence-corrected chi connectivity index (χ1v) is 11.4. The van der Waals surface area contributed by atoms with Crippen LogP contribution in [0.5, 0.6) is 5.75 Å². The van der Waals surface area contributed by atoms with Gasteiger partial charge in [-0.25, -0.2) is 13.4 Å². The van der Waals surface area contributed by atoms with Crippen LogP contribution in [0.3, 0.4) is 0 Å². The highest BCUT2D eigenvalue weighted by Crippen LogP contribution is 2.34. The van der Waals surface area contributed by atoms with E-state index in [0.717, 1.165) is 24.2 Å². The van der Waals surface area contributed by atoms with Crippen molar-refractivity contribution in [3.63, 3.8) is 0 Å². The third kappa shape index (κ3) is 4.39. The van der Waals surface area contributed by atoms with Crippen LogP contribution in [-0.4, -0.2) is 45.6 Å². The van der Waals surface area contributed by atoms with E-state index in [-0.39, 0.29) is 5.03 Å². The SMILES string of the molecule is Cc1cccc(OCCc2noc(C3CCCCN3S(=O)(=O)c3cn(C)cn3)n2)c1. The van der Waals surface area contributed by atoms with Gasteiger partial charge in [0.05, 0.1) is 12.9 Å². The van der Waals surface area contributed by atoms with Gasteiger partial charge in [0.15, 0.2) is 10.9 Å². The van der Waals surface area contributed by atoms with E-state index in [2.05, 4.69) is 15.1 Å². The van der Waals surface area contributed by atoms with E-state index in [1.807, 2.05) is 31.2 Å². The molecular weight excluding hydrogens is 406 g/mol. The zero-order valence-corrected chi connectivity index (χ0v) is 17.9. The summed E-state index contributed by atoms with van der Waals surface area (Å²) >= 11 is 0. The van der Waals surface area contributed by atoms with Crippen LogP contribution in [0.1, 0.15) is 42.6 Å². The van der Waals surface area contributed by atoms with Crippen LogP contribution in [0.15, 0.2) is 46.3 Å². The molecule has 4 rings (SSSR count). The summed E-state index contributed by atoms with van der Waals surface area (Å²) < 4.78 is 40.4. The second-order valence-corrected chi connectivity index (χ2v) is 9.31. The van der Waals surface area contributed by atoms with Crippen LogP contribution in [0.4, 0.5) is 0 Å². The molecule has 1 unspecified atom stereocenters. The molecule has 0 spiro atoms. The smallest absolute Gasteiger partial charge is 0.262 e. The second-order valence-electron chi connectivity index (χ2n) is 7.47. The molecule has 2 aromatic heterocycles. The van der Waals surface area contributed by atoms with Crippen molar-refractivity contribution in [2.24, 2.45) is 7.05 Å². The van der Waals surface area contributed by atoms with Gasteiger partial charge in [-0.3, -0.25) is 0 Å². The Morgan fingerprint density at radius 1 is 1.30 bits per heavy atom. The molecule has 0 amide bonds. The molecule has 0 saturated carbocycles. The monoisotopic (exact) mass is 431 g/mol. The van der Waals surface area contributed by atoms with Gasteiger partial charge in [-0.1, -0.05) is 23.7 Å². The molecule has 0 N–H and O–H groups in total. The third-order valence-corrected chi connectivity index (χ3v) is 6.85. The van der Waals surface area contributed by atoms with Crippen LogP contribution >= 0.6 is 0 Å². The molecular formula is C20H25N5O4S. The Hall–Kier alpha value is -2.72. The number of sulfonamides is 1. The van der Waals surface area contributed by atoms with Crippen molar-refractivity contribution >= 4 is 10.0 Å². The Kier molecular flexibility index (Phi) is 5.87. The zero-order valence-electron chi connectivity index (χ0n) is 17.1. The third-order valence-electron chi connectivity index (χ3n) is 5.06. The van der Waals surface area contributed by atoms with Crippen molar-refractivity contribution < 1.29 is 17.7 Å². The van der Waals surface area contributed by atoms with Gasteiger partial charge in [0.1, 0.15) is 11.8 Å². The van der Waals surface area contributed by atoms with Gasteiger partial charge in [0, 0.05) is 26.2 Å². The summed E-state index contributed by atoms with van der Waals surface area (Å²) in [6.07, 6.45) is 5.76. The summed E-state index contributed by atoms with van der Waals surface area (Å²) in [5.41, 5.74) is 1.13. The van der Waals surface area contributed by atoms with Crippen LogP contribution in [0.25, 0.3) is 0 Å². The van der Waals surface area contributed by atoms with Gasteiger partial charge in [0.2, 0.25) is 5.89 Å². The van der Waals surface area contributed by atoms with Crippen LogP contribution < -0.4 is 4.74 Å². The van der Waals surface area contributed by atoms with Crippen LogP contribution in [-0.2, 0) is 23.5 Å². The molecule has 1 saturated heterocycles. The quantitative estimate of drug-likeness (QED) is 0.566. The number of rotatable bonds is 7. The molecule has 0 radical (unpaired) electrons. The first kappa shape index (κ1) is 20.5. The van der Waals surface area contributed by atoms with Crippen LogP contribution in [0, 0.1) is 6.92 Å². The second kappa shape index (κ2) is 8.57. The molecule has 160 valence electrons. The molecule has 0 bridgehead atoms. The number of piperidine rings is 1. The molecule has 0 aliphatic carbocycles. The first-order valence-electron chi connectivity index (χ1n) is 9.95. The summed E-state index contributed by atoms with van der Waals surface area (Å²) in [6.45, 7) is 2.81. The number of hydrogen-bond donors (Lipinski definition) is 0. The molecule has 10 heteroatoms. The molecule has 3 aromatic rings. The van der Waals surface area contributed by atoms with E-state index in [0.29, 0.717) is 37.7 Å². The summed E-state index contributed by atoms with van der Waals surface area (Å²) in [5, 5.41) is 4.06. The lowest BCUT2D eigenvalue weighted by Crippen LogP contribution is -2.38. The first-order chi connectivity index (χ1) is 14.4. The zero-order chi connectivity index (χ0) is 21.1. The van der Waals surface area contributed by atoms with E-state index in [1.165, 1.54) is 16.8 Å². The highest BCUT2D eigenvalue weighted by atomic mass is 32.2. The van der Waals surface area contributed by atoms with Crippen molar-refractivity contribution in [3.8, 4) is 5.75 Å². The molecule has 1 aliphatic rings. The lowest BCUT2D eigenvalue weighted by atomic mass is 10.1. The fraction of sp³-hybridized carbons (Fsp3) is 0.450. The van der Waals surface area contributed by atoms with Crippen molar-refractivity contribution in [3.05, 3.63) is 54.1 Å². The predicted octanol–water partition coefficient (Wildman–Crippen LogP) is 2.65. The van der Waals surface area contributed by atoms with Crippen LogP contribution in [0.2, 0.25) is 0 Å². The van der Waals surface area contributed by atoms with Crippen molar-refractivity contribution in [2.75, 3.05) is 13.2 Å². The molecule has 3 heterocycles. The molecule has 1 atom stereocenters. The Balaban J connectivity index is 1.45. The summed E-state index contributed by atoms with van der Waals surface area (Å²) in [4.78, 5) is 8.48. The minimum absolute atomic E-state index is 0.0307. The lowest BCUT2D eigenvalue weighted by Gasteiger charge is -2.31. The molecule has 1 aliphatic heterocycles. The van der Waals surface area contributed by atoms with Gasteiger partial charge >= 0.3 is 0 Å². The number of aryl methyl sites for hydroxylation is 2. The summed E-state index contributed by atoms with van der Waals surface area (Å²) in [6, 6.07) is 7.33. The van der Waals surface area contributed by atoms with Crippen molar-refractivity contribution in [1.29, 1.82) is 0 Å². The van der Waals surface area contributed by atoms with E-state index in [4.69, 9.17) is 9.26 Å². The lowest BCUT2D eigenvalue weighted by molar-refractivity contribution is 0.204. The van der Waals surface area contributed by atoms with E-state index >= 15 is 0 Å². The number of imidazole rings is 1. The maximum Gasteiger partial charge on any atom is 0.262 e. The maximum absolute atomic E-state index is 13.1. The van der Waals surface area contributed by atoms with Gasteiger partial charge in [-0.15, -0.1) is 0 Å². The normalized spacial score (nSPS) is 17.9. The van der Waals surface area contributed by atoms with E-state index in [9.17, 15) is 8.42 Å². The highest BCUT2D eigenvalue weighted by Gasteiger charge is 2.38. The minimum atomic E-state index is -3.74. The molecule has 1 aromatic carbocycles. The highest BCUT2D eigenvalue weighted by molar-refractivity contribution is 7.89. The Bertz CT molecular complexity index is 1110. The van der Waals surface area contributed by atoms with Gasteiger partial charge in [-0.2, -0.15) is 9.29 Å². The Labute approximate surface area is 175 Å².